The standard InChI is InChI=1S/C16H10Cl2N2O4S/c17-11-3-4-13(15-14(11)12(18)6-19-15)20-25(22,23)9-2-1-8-7-24-16(21)10(8)5-9/h1-6,19-20H,7H2. The van der Waals surface area contributed by atoms with Crippen molar-refractivity contribution in [3.05, 3.63) is 57.7 Å². The van der Waals surface area contributed by atoms with E-state index < -0.39 is 16.0 Å². The number of carbonyl (C=O) groups is 1. The number of H-pyrrole nitrogens is 1. The lowest BCUT2D eigenvalue weighted by Gasteiger charge is -2.10. The molecular formula is C16H10Cl2N2O4S. The minimum atomic E-state index is -3.92. The minimum Gasteiger partial charge on any atom is -0.457 e. The highest BCUT2D eigenvalue weighted by atomic mass is 35.5. The van der Waals surface area contributed by atoms with Crippen LogP contribution >= 0.6 is 23.2 Å². The highest BCUT2D eigenvalue weighted by Crippen LogP contribution is 2.35. The first-order chi connectivity index (χ1) is 11.9. The molecule has 25 heavy (non-hydrogen) atoms. The number of sulfonamides is 1. The summed E-state index contributed by atoms with van der Waals surface area (Å²) in [6.45, 7) is 0.153. The quantitative estimate of drug-likeness (QED) is 0.656. The average molecular weight is 397 g/mol. The number of aromatic nitrogens is 1. The van der Waals surface area contributed by atoms with Crippen molar-refractivity contribution in [3.63, 3.8) is 0 Å². The molecule has 0 bridgehead atoms. The van der Waals surface area contributed by atoms with Gasteiger partial charge in [-0.2, -0.15) is 0 Å². The van der Waals surface area contributed by atoms with Crippen LogP contribution in [0, 0.1) is 0 Å². The largest absolute Gasteiger partial charge is 0.457 e. The Morgan fingerprint density at radius 2 is 1.92 bits per heavy atom. The Morgan fingerprint density at radius 1 is 1.12 bits per heavy atom. The van der Waals surface area contributed by atoms with Crippen molar-refractivity contribution in [2.24, 2.45) is 0 Å². The molecule has 4 rings (SSSR count). The van der Waals surface area contributed by atoms with Gasteiger partial charge in [-0.05, 0) is 24.3 Å². The predicted molar refractivity (Wildman–Crippen MR) is 94.7 cm³/mol. The van der Waals surface area contributed by atoms with Gasteiger partial charge in [-0.15, -0.1) is 0 Å². The molecular weight excluding hydrogens is 387 g/mol. The van der Waals surface area contributed by atoms with Crippen molar-refractivity contribution in [2.75, 3.05) is 4.72 Å². The number of aromatic amines is 1. The zero-order valence-electron chi connectivity index (χ0n) is 12.5. The maximum atomic E-state index is 12.7. The molecule has 2 aromatic carbocycles. The van der Waals surface area contributed by atoms with Crippen LogP contribution in [0.25, 0.3) is 10.9 Å². The molecule has 0 spiro atoms. The summed E-state index contributed by atoms with van der Waals surface area (Å²) in [6.07, 6.45) is 1.53. The first-order valence-corrected chi connectivity index (χ1v) is 9.39. The molecule has 0 amide bonds. The lowest BCUT2D eigenvalue weighted by atomic mass is 10.1. The number of halogens is 2. The van der Waals surface area contributed by atoms with E-state index in [9.17, 15) is 13.2 Å². The van der Waals surface area contributed by atoms with Crippen molar-refractivity contribution >= 4 is 55.8 Å². The zero-order valence-corrected chi connectivity index (χ0v) is 14.8. The maximum absolute atomic E-state index is 12.7. The average Bonchev–Trinajstić information content (AvgIpc) is 3.14. The number of cyclic esters (lactones) is 1. The molecule has 6 nitrogen and oxygen atoms in total. The van der Waals surface area contributed by atoms with Crippen molar-refractivity contribution < 1.29 is 17.9 Å². The number of ether oxygens (including phenoxy) is 1. The molecule has 0 fully saturated rings. The molecule has 1 aliphatic heterocycles. The van der Waals surface area contributed by atoms with Gasteiger partial charge in [-0.3, -0.25) is 4.72 Å². The highest BCUT2D eigenvalue weighted by Gasteiger charge is 2.25. The topological polar surface area (TPSA) is 88.3 Å². The van der Waals surface area contributed by atoms with Crippen LogP contribution in [0.5, 0.6) is 0 Å². The number of anilines is 1. The fraction of sp³-hybridized carbons (Fsp3) is 0.0625. The lowest BCUT2D eigenvalue weighted by molar-refractivity contribution is 0.0535. The molecule has 0 radical (unpaired) electrons. The number of hydrogen-bond acceptors (Lipinski definition) is 4. The van der Waals surface area contributed by atoms with E-state index >= 15 is 0 Å². The third-order valence-corrected chi connectivity index (χ3v) is 5.93. The van der Waals surface area contributed by atoms with Crippen LogP contribution in [0.15, 0.2) is 41.4 Å². The lowest BCUT2D eigenvalue weighted by Crippen LogP contribution is -2.14. The number of nitrogens with one attached hydrogen (secondary N) is 2. The molecule has 2 N–H and O–H groups in total. The van der Waals surface area contributed by atoms with Crippen LogP contribution in [-0.2, 0) is 21.4 Å². The van der Waals surface area contributed by atoms with Crippen molar-refractivity contribution in [1.29, 1.82) is 0 Å². The maximum Gasteiger partial charge on any atom is 0.338 e. The van der Waals surface area contributed by atoms with Gasteiger partial charge in [0, 0.05) is 17.1 Å². The normalized spacial score (nSPS) is 13.8. The molecule has 9 heteroatoms. The highest BCUT2D eigenvalue weighted by molar-refractivity contribution is 7.92. The Morgan fingerprint density at radius 3 is 2.72 bits per heavy atom. The summed E-state index contributed by atoms with van der Waals surface area (Å²) in [5.74, 6) is -0.530. The third kappa shape index (κ3) is 2.64. The van der Waals surface area contributed by atoms with E-state index in [0.29, 0.717) is 32.2 Å². The van der Waals surface area contributed by atoms with Gasteiger partial charge in [0.15, 0.2) is 0 Å². The summed E-state index contributed by atoms with van der Waals surface area (Å²) in [5, 5.41) is 1.33. The molecule has 1 aliphatic rings. The SMILES string of the molecule is O=C1OCc2ccc(S(=O)(=O)Nc3ccc(Cl)c4c(Cl)c[nH]c34)cc21. The number of hydrogen-bond donors (Lipinski definition) is 2. The Balaban J connectivity index is 1.77. The molecule has 1 aromatic heterocycles. The predicted octanol–water partition coefficient (Wildman–Crippen LogP) is 3.95. The number of fused-ring (bicyclic) bond motifs is 2. The smallest absolute Gasteiger partial charge is 0.338 e. The summed E-state index contributed by atoms with van der Waals surface area (Å²) in [7, 11) is -3.92. The summed E-state index contributed by atoms with van der Waals surface area (Å²) in [6, 6.07) is 7.40. The van der Waals surface area contributed by atoms with Crippen molar-refractivity contribution in [3.8, 4) is 0 Å². The van der Waals surface area contributed by atoms with Gasteiger partial charge < -0.3 is 9.72 Å². The van der Waals surface area contributed by atoms with Crippen LogP contribution in [-0.4, -0.2) is 19.4 Å². The fourth-order valence-electron chi connectivity index (χ4n) is 2.72. The number of benzene rings is 2. The molecule has 0 saturated carbocycles. The molecule has 3 aromatic rings. The van der Waals surface area contributed by atoms with Gasteiger partial charge in [0.2, 0.25) is 0 Å². The van der Waals surface area contributed by atoms with Crippen LogP contribution in [0.4, 0.5) is 5.69 Å². The number of rotatable bonds is 3. The zero-order chi connectivity index (χ0) is 17.8. The van der Waals surface area contributed by atoms with Gasteiger partial charge in [0.05, 0.1) is 31.7 Å². The molecule has 0 atom stereocenters. The second-order valence-corrected chi connectivity index (χ2v) is 7.98. The van der Waals surface area contributed by atoms with Gasteiger partial charge in [-0.25, -0.2) is 13.2 Å². The number of esters is 1. The molecule has 2 heterocycles. The molecule has 0 unspecified atom stereocenters. The third-order valence-electron chi connectivity index (χ3n) is 3.95. The second-order valence-electron chi connectivity index (χ2n) is 5.48. The van der Waals surface area contributed by atoms with Gasteiger partial charge in [-0.1, -0.05) is 29.3 Å². The molecule has 128 valence electrons. The molecule has 0 saturated heterocycles. The Bertz CT molecular complexity index is 1140. The Hall–Kier alpha value is -2.22. The Kier molecular flexibility index (Phi) is 3.68. The van der Waals surface area contributed by atoms with Gasteiger partial charge in [0.25, 0.3) is 10.0 Å². The van der Waals surface area contributed by atoms with E-state index in [2.05, 4.69) is 9.71 Å². The monoisotopic (exact) mass is 396 g/mol. The fourth-order valence-corrected chi connectivity index (χ4v) is 4.37. The van der Waals surface area contributed by atoms with Gasteiger partial charge >= 0.3 is 5.97 Å². The van der Waals surface area contributed by atoms with Crippen LogP contribution in [0.1, 0.15) is 15.9 Å². The summed E-state index contributed by atoms with van der Waals surface area (Å²) in [4.78, 5) is 14.5. The van der Waals surface area contributed by atoms with E-state index in [4.69, 9.17) is 27.9 Å². The summed E-state index contributed by atoms with van der Waals surface area (Å²) in [5.41, 5.74) is 1.69. The summed E-state index contributed by atoms with van der Waals surface area (Å²) < 4.78 is 32.8. The van der Waals surface area contributed by atoms with Gasteiger partial charge in [0.1, 0.15) is 6.61 Å². The van der Waals surface area contributed by atoms with Crippen LogP contribution in [0.3, 0.4) is 0 Å². The Labute approximate surface area is 152 Å². The van der Waals surface area contributed by atoms with Crippen LogP contribution < -0.4 is 4.72 Å². The minimum absolute atomic E-state index is 0.0362. The van der Waals surface area contributed by atoms with E-state index in [-0.39, 0.29) is 17.1 Å². The van der Waals surface area contributed by atoms with E-state index in [0.717, 1.165) is 0 Å². The first kappa shape index (κ1) is 16.3. The summed E-state index contributed by atoms with van der Waals surface area (Å²) >= 11 is 12.2. The molecule has 0 aliphatic carbocycles. The van der Waals surface area contributed by atoms with E-state index in [1.54, 1.807) is 12.1 Å². The van der Waals surface area contributed by atoms with E-state index in [1.807, 2.05) is 0 Å². The van der Waals surface area contributed by atoms with E-state index in [1.165, 1.54) is 24.4 Å². The van der Waals surface area contributed by atoms with Crippen molar-refractivity contribution in [1.82, 2.24) is 4.98 Å². The van der Waals surface area contributed by atoms with Crippen molar-refractivity contribution in [2.45, 2.75) is 11.5 Å². The second kappa shape index (κ2) is 5.66. The van der Waals surface area contributed by atoms with Crippen LogP contribution in [0.2, 0.25) is 10.0 Å². The first-order valence-electron chi connectivity index (χ1n) is 7.15. The number of carbonyl (C=O) groups excluding carboxylic acids is 1.